The molecule has 4 rings (SSSR count). The van der Waals surface area contributed by atoms with Gasteiger partial charge in [-0.2, -0.15) is 0 Å². The van der Waals surface area contributed by atoms with E-state index in [9.17, 15) is 9.59 Å². The molecule has 0 aromatic heterocycles. The monoisotopic (exact) mass is 798 g/mol. The van der Waals surface area contributed by atoms with Crippen LogP contribution in [0.3, 0.4) is 0 Å². The first-order valence-electron chi connectivity index (χ1n) is 20.6. The number of halogens is 4. The van der Waals surface area contributed by atoms with Crippen LogP contribution in [0.2, 0.25) is 8.45 Å². The van der Waals surface area contributed by atoms with Crippen LogP contribution in [0, 0.1) is 46.9 Å². The van der Waals surface area contributed by atoms with E-state index in [4.69, 9.17) is 0 Å². The first kappa shape index (κ1) is 44.5. The number of anilines is 2. The van der Waals surface area contributed by atoms with E-state index in [2.05, 4.69) is 13.8 Å². The zero-order valence-electron chi connectivity index (χ0n) is 34.2. The fraction of sp³-hybridized carbons (Fsp3) is 0.522. The molecule has 0 fully saturated rings. The molecular weight excluding hydrogens is 736 g/mol. The molecule has 2 aliphatic rings. The van der Waals surface area contributed by atoms with Gasteiger partial charge in [0, 0.05) is 0 Å². The summed E-state index contributed by atoms with van der Waals surface area (Å²) in [5.41, 5.74) is -0.153. The molecular formula is C46H62F4N2O2Ti. The zero-order valence-corrected chi connectivity index (χ0v) is 35.7. The van der Waals surface area contributed by atoms with Gasteiger partial charge in [-0.15, -0.1) is 0 Å². The Morgan fingerprint density at radius 3 is 1.24 bits per heavy atom. The molecule has 0 spiro atoms. The first-order valence-corrected chi connectivity index (χ1v) is 24.0. The molecule has 0 heterocycles. The normalized spacial score (nSPS) is 15.5. The number of rotatable bonds is 20. The fourth-order valence-corrected chi connectivity index (χ4v) is 17.1. The number of amides is 2. The van der Waals surface area contributed by atoms with Crippen LogP contribution in [0.1, 0.15) is 107 Å². The number of unbranched alkanes of at least 4 members (excludes halogenated alkanes) is 2. The van der Waals surface area contributed by atoms with Crippen LogP contribution in [0.5, 0.6) is 0 Å². The molecule has 0 radical (unpaired) electrons. The second-order valence-electron chi connectivity index (χ2n) is 16.0. The maximum atomic E-state index is 18.0. The Bertz CT molecular complexity index is 1610. The van der Waals surface area contributed by atoms with Gasteiger partial charge in [-0.25, -0.2) is 0 Å². The number of benzene rings is 2. The summed E-state index contributed by atoms with van der Waals surface area (Å²) in [4.78, 5) is 30.8. The number of nitrogens with zero attached hydrogens (tertiary/aromatic N) is 2. The second kappa shape index (κ2) is 20.3. The summed E-state index contributed by atoms with van der Waals surface area (Å²) in [6, 6.07) is 4.95. The molecule has 2 unspecified atom stereocenters. The van der Waals surface area contributed by atoms with Crippen LogP contribution >= 0.6 is 0 Å². The Hall–Kier alpha value is -3.23. The van der Waals surface area contributed by atoms with Crippen LogP contribution in [0.25, 0.3) is 0 Å². The van der Waals surface area contributed by atoms with Crippen molar-refractivity contribution in [3.63, 3.8) is 0 Å². The summed E-state index contributed by atoms with van der Waals surface area (Å²) < 4.78 is 67.9. The molecule has 2 aromatic rings. The van der Waals surface area contributed by atoms with E-state index in [1.54, 1.807) is 76.3 Å². The summed E-state index contributed by atoms with van der Waals surface area (Å²) in [5.74, 6) is -5.13. The van der Waals surface area contributed by atoms with E-state index in [-0.39, 0.29) is 55.9 Å². The predicted octanol–water partition coefficient (Wildman–Crippen LogP) is 11.6. The minimum atomic E-state index is -5.22. The Balaban J connectivity index is 2.11. The Morgan fingerprint density at radius 1 is 0.600 bits per heavy atom. The third-order valence-corrected chi connectivity index (χ3v) is 20.1. The van der Waals surface area contributed by atoms with E-state index in [1.165, 1.54) is 34.1 Å². The standard InChI is InChI=1S/2C18H26F2NO.2C5H5.Ti/c2*1-5-7-8-14(6-2)12-21(18(22)13(3)4)17-10-9-15(19)11-16(17)20;2*1-2-4-5-3-1;/h2*9-10,13-14H,5-8,12H2,1-4H3;2*1-5H;. The van der Waals surface area contributed by atoms with Crippen molar-refractivity contribution in [2.75, 3.05) is 22.9 Å². The average Bonchev–Trinajstić information content (AvgIpc) is 3.91. The Labute approximate surface area is 331 Å². The minimum absolute atomic E-state index is 0.0727. The van der Waals surface area contributed by atoms with Gasteiger partial charge in [-0.3, -0.25) is 0 Å². The van der Waals surface area contributed by atoms with Gasteiger partial charge in [0.1, 0.15) is 0 Å². The summed E-state index contributed by atoms with van der Waals surface area (Å²) in [7, 11) is 0. The van der Waals surface area contributed by atoms with Gasteiger partial charge in [0.05, 0.1) is 0 Å². The Morgan fingerprint density at radius 2 is 0.945 bits per heavy atom. The summed E-state index contributed by atoms with van der Waals surface area (Å²) in [6.07, 6.45) is 21.2. The fourth-order valence-electron chi connectivity index (χ4n) is 8.33. The van der Waals surface area contributed by atoms with E-state index in [1.807, 2.05) is 13.8 Å². The molecule has 2 aromatic carbocycles. The van der Waals surface area contributed by atoms with Crippen molar-refractivity contribution in [2.45, 2.75) is 115 Å². The molecule has 9 heteroatoms. The van der Waals surface area contributed by atoms with E-state index in [0.717, 1.165) is 51.4 Å². The molecule has 0 aliphatic heterocycles. The van der Waals surface area contributed by atoms with Gasteiger partial charge in [0.2, 0.25) is 0 Å². The maximum absolute atomic E-state index is 18.0. The third-order valence-electron chi connectivity index (χ3n) is 11.6. The van der Waals surface area contributed by atoms with Crippen molar-refractivity contribution in [1.82, 2.24) is 0 Å². The number of hydrogen-bond donors (Lipinski definition) is 0. The van der Waals surface area contributed by atoms with Crippen molar-refractivity contribution in [3.8, 4) is 0 Å². The van der Waals surface area contributed by atoms with Crippen molar-refractivity contribution in [2.24, 2.45) is 23.7 Å². The summed E-state index contributed by atoms with van der Waals surface area (Å²) in [6.45, 7) is 15.8. The van der Waals surface area contributed by atoms with E-state index < -0.39 is 60.1 Å². The van der Waals surface area contributed by atoms with Crippen molar-refractivity contribution in [1.29, 1.82) is 0 Å². The van der Waals surface area contributed by atoms with E-state index in [0.29, 0.717) is 0 Å². The zero-order chi connectivity index (χ0) is 40.4. The molecule has 0 saturated carbocycles. The molecule has 0 N–H and O–H groups in total. The number of carbonyl (C=O) groups excluding carboxylic acids is 2. The van der Waals surface area contributed by atoms with Crippen LogP contribution in [-0.2, 0) is 26.2 Å². The third kappa shape index (κ3) is 9.50. The van der Waals surface area contributed by atoms with Gasteiger partial charge in [0.15, 0.2) is 0 Å². The molecule has 55 heavy (non-hydrogen) atoms. The van der Waals surface area contributed by atoms with Gasteiger partial charge in [-0.1, -0.05) is 0 Å². The van der Waals surface area contributed by atoms with Crippen molar-refractivity contribution in [3.05, 3.63) is 96.1 Å². The Kier molecular flexibility index (Phi) is 16.4. The molecule has 0 saturated heterocycles. The van der Waals surface area contributed by atoms with E-state index >= 15 is 17.6 Å². The summed E-state index contributed by atoms with van der Waals surface area (Å²) in [5, 5.41) is 0. The van der Waals surface area contributed by atoms with Crippen molar-refractivity contribution >= 4 is 30.9 Å². The topological polar surface area (TPSA) is 40.6 Å². The van der Waals surface area contributed by atoms with Gasteiger partial charge in [0.25, 0.3) is 0 Å². The van der Waals surface area contributed by atoms with Crippen molar-refractivity contribution < 1.29 is 43.7 Å². The quantitative estimate of drug-likeness (QED) is 0.0989. The molecule has 2 atom stereocenters. The van der Waals surface area contributed by atoms with Gasteiger partial charge >= 0.3 is 333 Å². The number of allylic oxidation sites excluding steroid dienone is 8. The van der Waals surface area contributed by atoms with Crippen LogP contribution in [0.4, 0.5) is 28.9 Å². The number of hydrogen-bond acceptors (Lipinski definition) is 2. The molecule has 300 valence electrons. The molecule has 4 nitrogen and oxygen atoms in total. The average molecular weight is 799 g/mol. The number of carbonyl (C=O) groups is 2. The van der Waals surface area contributed by atoms with Crippen LogP contribution < -0.4 is 17.5 Å². The first-order chi connectivity index (χ1) is 26.3. The summed E-state index contributed by atoms with van der Waals surface area (Å²) >= 11 is -5.22. The molecule has 2 amide bonds. The molecule has 2 aliphatic carbocycles. The van der Waals surface area contributed by atoms with Gasteiger partial charge < -0.3 is 0 Å². The van der Waals surface area contributed by atoms with Crippen LogP contribution in [-0.4, -0.2) is 24.9 Å². The SMILES string of the molecule is CCCCC(CC)CN(C(=O)C(C)C)c1ccc(F)[c]([Ti]([c]2c(F)ccc(N(CC(CC)CCCC)C(=O)C(C)C)c2F)([CH]2C=CC=C2)[CH]2C=CC=C2)c1F. The van der Waals surface area contributed by atoms with Gasteiger partial charge in [-0.05, 0) is 0 Å². The predicted molar refractivity (Wildman–Crippen MR) is 217 cm³/mol. The second-order valence-corrected chi connectivity index (χ2v) is 22.4. The van der Waals surface area contributed by atoms with Crippen LogP contribution in [0.15, 0.2) is 72.9 Å². The molecule has 0 bridgehead atoms.